The van der Waals surface area contributed by atoms with Gasteiger partial charge in [-0.05, 0) is 43.0 Å². The Bertz CT molecular complexity index is 632. The van der Waals surface area contributed by atoms with E-state index in [0.29, 0.717) is 31.5 Å². The number of benzene rings is 1. The quantitative estimate of drug-likeness (QED) is 0.767. The molecule has 25 heavy (non-hydrogen) atoms. The van der Waals surface area contributed by atoms with Crippen molar-refractivity contribution < 1.29 is 23.9 Å². The van der Waals surface area contributed by atoms with Gasteiger partial charge in [-0.25, -0.2) is 4.39 Å². The highest BCUT2D eigenvalue weighted by Crippen LogP contribution is 2.22. The van der Waals surface area contributed by atoms with E-state index in [-0.39, 0.29) is 30.7 Å². The molecule has 136 valence electrons. The number of nitrogens with zero attached hydrogens (tertiary/aromatic N) is 1. The van der Waals surface area contributed by atoms with Crippen molar-refractivity contribution in [3.8, 4) is 0 Å². The van der Waals surface area contributed by atoms with Crippen LogP contribution in [0.4, 0.5) is 4.39 Å². The molecule has 1 saturated heterocycles. The molecule has 1 aromatic rings. The molecule has 1 aliphatic rings. The summed E-state index contributed by atoms with van der Waals surface area (Å²) in [6, 6.07) is 5.23. The summed E-state index contributed by atoms with van der Waals surface area (Å²) in [7, 11) is 0. The van der Waals surface area contributed by atoms with Gasteiger partial charge in [0, 0.05) is 31.6 Å². The highest BCUT2D eigenvalue weighted by Gasteiger charge is 2.31. The molecule has 2 atom stereocenters. The summed E-state index contributed by atoms with van der Waals surface area (Å²) >= 11 is 0. The number of nitrogens with one attached hydrogen (secondary N) is 1. The van der Waals surface area contributed by atoms with E-state index in [2.05, 4.69) is 5.32 Å². The summed E-state index contributed by atoms with van der Waals surface area (Å²) < 4.78 is 12.8. The van der Waals surface area contributed by atoms with Crippen LogP contribution in [0.1, 0.15) is 36.5 Å². The fourth-order valence-corrected chi connectivity index (χ4v) is 3.04. The summed E-state index contributed by atoms with van der Waals surface area (Å²) in [5.74, 6) is -2.02. The van der Waals surface area contributed by atoms with Crippen LogP contribution in [0.2, 0.25) is 0 Å². The van der Waals surface area contributed by atoms with Gasteiger partial charge in [0.25, 0.3) is 5.91 Å². The summed E-state index contributed by atoms with van der Waals surface area (Å²) in [4.78, 5) is 36.9. The Hall–Kier alpha value is -2.44. The van der Waals surface area contributed by atoms with Crippen LogP contribution in [0.3, 0.4) is 0 Å². The summed E-state index contributed by atoms with van der Waals surface area (Å²) in [5, 5.41) is 11.8. The number of piperidine rings is 1. The molecule has 2 unspecified atom stereocenters. The molecular weight excluding hydrogens is 327 g/mol. The number of hydrogen-bond donors (Lipinski definition) is 2. The molecule has 0 spiro atoms. The molecule has 7 heteroatoms. The van der Waals surface area contributed by atoms with Gasteiger partial charge in [0.05, 0.1) is 5.92 Å². The molecule has 0 bridgehead atoms. The number of likely N-dealkylation sites (tertiary alicyclic amines) is 1. The maximum absolute atomic E-state index is 12.8. The third-order valence-corrected chi connectivity index (χ3v) is 4.32. The van der Waals surface area contributed by atoms with E-state index < -0.39 is 17.7 Å². The van der Waals surface area contributed by atoms with Crippen LogP contribution in [0.15, 0.2) is 24.3 Å². The third kappa shape index (κ3) is 5.55. The smallest absolute Gasteiger partial charge is 0.308 e. The normalized spacial score (nSPS) is 20.2. The van der Waals surface area contributed by atoms with Crippen molar-refractivity contribution in [3.63, 3.8) is 0 Å². The zero-order valence-corrected chi connectivity index (χ0v) is 14.2. The number of carboxylic acids is 1. The van der Waals surface area contributed by atoms with E-state index in [4.69, 9.17) is 5.11 Å². The highest BCUT2D eigenvalue weighted by atomic mass is 19.1. The average molecular weight is 350 g/mol. The number of amides is 2. The molecular formula is C18H23FN2O4. The van der Waals surface area contributed by atoms with Gasteiger partial charge in [-0.15, -0.1) is 0 Å². The third-order valence-electron chi connectivity index (χ3n) is 4.32. The largest absolute Gasteiger partial charge is 0.481 e. The number of carbonyl (C=O) groups excluding carboxylic acids is 2. The Balaban J connectivity index is 1.73. The Labute approximate surface area is 146 Å². The van der Waals surface area contributed by atoms with Gasteiger partial charge in [-0.1, -0.05) is 6.92 Å². The van der Waals surface area contributed by atoms with Gasteiger partial charge in [-0.2, -0.15) is 0 Å². The Morgan fingerprint density at radius 1 is 1.24 bits per heavy atom. The van der Waals surface area contributed by atoms with E-state index in [1.54, 1.807) is 4.90 Å². The molecule has 1 fully saturated rings. The zero-order chi connectivity index (χ0) is 18.4. The minimum absolute atomic E-state index is 0.0890. The fourth-order valence-electron chi connectivity index (χ4n) is 3.04. The fraction of sp³-hybridized carbons (Fsp3) is 0.500. The van der Waals surface area contributed by atoms with Gasteiger partial charge in [-0.3, -0.25) is 14.4 Å². The van der Waals surface area contributed by atoms with E-state index in [0.717, 1.165) is 0 Å². The first kappa shape index (κ1) is 18.9. The average Bonchev–Trinajstić information content (AvgIpc) is 2.58. The first-order valence-electron chi connectivity index (χ1n) is 8.41. The second-order valence-corrected chi connectivity index (χ2v) is 6.54. The molecule has 1 aliphatic heterocycles. The molecule has 6 nitrogen and oxygen atoms in total. The molecule has 2 rings (SSSR count). The molecule has 1 heterocycles. The van der Waals surface area contributed by atoms with Crippen molar-refractivity contribution in [2.75, 3.05) is 19.6 Å². The zero-order valence-electron chi connectivity index (χ0n) is 14.2. The monoisotopic (exact) mass is 350 g/mol. The predicted octanol–water partition coefficient (Wildman–Crippen LogP) is 1.90. The van der Waals surface area contributed by atoms with Gasteiger partial charge >= 0.3 is 5.97 Å². The van der Waals surface area contributed by atoms with Gasteiger partial charge in [0.15, 0.2) is 0 Å². The van der Waals surface area contributed by atoms with E-state index in [1.165, 1.54) is 24.3 Å². The van der Waals surface area contributed by atoms with Crippen molar-refractivity contribution in [1.29, 1.82) is 0 Å². The van der Waals surface area contributed by atoms with Crippen molar-refractivity contribution in [3.05, 3.63) is 35.6 Å². The van der Waals surface area contributed by atoms with Crippen LogP contribution < -0.4 is 5.32 Å². The standard InChI is InChI=1S/C18H23FN2O4/c1-12-9-14(18(24)25)11-21(10-12)16(22)3-2-8-20-17(23)13-4-6-15(19)7-5-13/h4-7,12,14H,2-3,8-11H2,1H3,(H,20,23)(H,24,25). The second kappa shape index (κ2) is 8.60. The van der Waals surface area contributed by atoms with Crippen LogP contribution in [-0.4, -0.2) is 47.4 Å². The first-order chi connectivity index (χ1) is 11.9. The maximum Gasteiger partial charge on any atom is 0.308 e. The van der Waals surface area contributed by atoms with Crippen molar-refractivity contribution in [1.82, 2.24) is 10.2 Å². The molecule has 2 amide bonds. The SMILES string of the molecule is CC1CC(C(=O)O)CN(C(=O)CCCNC(=O)c2ccc(F)cc2)C1. The first-order valence-corrected chi connectivity index (χ1v) is 8.41. The lowest BCUT2D eigenvalue weighted by atomic mass is 9.90. The lowest BCUT2D eigenvalue weighted by molar-refractivity contribution is -0.146. The predicted molar refractivity (Wildman–Crippen MR) is 89.5 cm³/mol. The molecule has 0 aromatic heterocycles. The lowest BCUT2D eigenvalue weighted by Gasteiger charge is -2.34. The van der Waals surface area contributed by atoms with Gasteiger partial charge in [0.2, 0.25) is 5.91 Å². The van der Waals surface area contributed by atoms with Gasteiger partial charge in [0.1, 0.15) is 5.82 Å². The summed E-state index contributed by atoms with van der Waals surface area (Å²) in [5.41, 5.74) is 0.363. The summed E-state index contributed by atoms with van der Waals surface area (Å²) in [6.45, 7) is 3.09. The molecule has 0 saturated carbocycles. The van der Waals surface area contributed by atoms with Gasteiger partial charge < -0.3 is 15.3 Å². The van der Waals surface area contributed by atoms with E-state index in [9.17, 15) is 18.8 Å². The highest BCUT2D eigenvalue weighted by molar-refractivity contribution is 5.94. The number of carbonyl (C=O) groups is 3. The minimum Gasteiger partial charge on any atom is -0.481 e. The maximum atomic E-state index is 12.8. The molecule has 0 radical (unpaired) electrons. The van der Waals surface area contributed by atoms with Crippen LogP contribution in [0, 0.1) is 17.7 Å². The number of aliphatic carboxylic acids is 1. The van der Waals surface area contributed by atoms with Crippen LogP contribution in [0.25, 0.3) is 0 Å². The number of carboxylic acid groups (broad SMARTS) is 1. The minimum atomic E-state index is -0.865. The second-order valence-electron chi connectivity index (χ2n) is 6.54. The molecule has 0 aliphatic carbocycles. The van der Waals surface area contributed by atoms with E-state index >= 15 is 0 Å². The van der Waals surface area contributed by atoms with Crippen molar-refractivity contribution >= 4 is 17.8 Å². The number of rotatable bonds is 6. The van der Waals surface area contributed by atoms with Crippen molar-refractivity contribution in [2.24, 2.45) is 11.8 Å². The molecule has 1 aromatic carbocycles. The Morgan fingerprint density at radius 3 is 2.56 bits per heavy atom. The Morgan fingerprint density at radius 2 is 1.92 bits per heavy atom. The summed E-state index contributed by atoms with van der Waals surface area (Å²) in [6.07, 6.45) is 1.31. The van der Waals surface area contributed by atoms with Crippen LogP contribution >= 0.6 is 0 Å². The van der Waals surface area contributed by atoms with Crippen LogP contribution in [0.5, 0.6) is 0 Å². The van der Waals surface area contributed by atoms with E-state index in [1.807, 2.05) is 6.92 Å². The lowest BCUT2D eigenvalue weighted by Crippen LogP contribution is -2.45. The number of hydrogen-bond acceptors (Lipinski definition) is 3. The Kier molecular flexibility index (Phi) is 6.50. The molecule has 2 N–H and O–H groups in total. The number of halogens is 1. The van der Waals surface area contributed by atoms with Crippen LogP contribution in [-0.2, 0) is 9.59 Å². The van der Waals surface area contributed by atoms with Crippen molar-refractivity contribution in [2.45, 2.75) is 26.2 Å². The topological polar surface area (TPSA) is 86.7 Å².